The van der Waals surface area contributed by atoms with Gasteiger partial charge in [0.15, 0.2) is 23.5 Å². The number of aromatic hydroxyl groups is 1. The Kier molecular flexibility index (Phi) is 24.8. The van der Waals surface area contributed by atoms with Crippen LogP contribution in [0, 0.1) is 5.92 Å². The normalized spacial score (nSPS) is 26.2. The second-order valence-corrected chi connectivity index (χ2v) is 22.9. The number of ether oxygens (including phenoxy) is 1. The number of unbranched alkanes of at least 4 members (excludes halogenated alkanes) is 2. The molecule has 90 heavy (non-hydrogen) atoms. The van der Waals surface area contributed by atoms with Crippen molar-refractivity contribution in [3.63, 3.8) is 0 Å². The van der Waals surface area contributed by atoms with E-state index in [9.17, 15) is 97.3 Å². The molecule has 3 aliphatic heterocycles. The number of phenols is 1. The van der Waals surface area contributed by atoms with Crippen molar-refractivity contribution in [2.24, 2.45) is 11.7 Å². The van der Waals surface area contributed by atoms with Crippen LogP contribution in [-0.4, -0.2) is 220 Å². The topological polar surface area (TPSA) is 513 Å². The fraction of sp³-hybridized carbons (Fsp3) is 0.482. The van der Waals surface area contributed by atoms with Crippen molar-refractivity contribution in [1.29, 1.82) is 0 Å². The molecule has 3 aromatic carbocycles. The fourth-order valence-corrected chi connectivity index (χ4v) is 10.7. The first-order valence-corrected chi connectivity index (χ1v) is 29.4. The van der Waals surface area contributed by atoms with E-state index in [0.717, 1.165) is 32.3 Å². The van der Waals surface area contributed by atoms with Crippen LogP contribution in [0.15, 0.2) is 77.3 Å². The van der Waals surface area contributed by atoms with Crippen LogP contribution >= 0.6 is 0 Å². The maximum absolute atomic E-state index is 14.7. The van der Waals surface area contributed by atoms with Gasteiger partial charge in [-0.25, -0.2) is 8.42 Å². The van der Waals surface area contributed by atoms with Gasteiger partial charge in [0.1, 0.15) is 66.0 Å². The smallest absolute Gasteiger partial charge is 0.716 e. The summed E-state index contributed by atoms with van der Waals surface area (Å²) in [6, 6.07) is 3.37. The van der Waals surface area contributed by atoms with Gasteiger partial charge in [0.2, 0.25) is 41.4 Å². The number of nitrogens with two attached hydrogens (primary N) is 1. The third-order valence-corrected chi connectivity index (χ3v) is 15.6. The molecule has 3 saturated heterocycles. The number of fused-ring (bicyclic) bond motifs is 2. The molecule has 3 fully saturated rings. The second-order valence-electron chi connectivity index (χ2n) is 21.9. The number of phenolic OH excluding ortho intramolecular Hbond substituents is 1. The van der Waals surface area contributed by atoms with Gasteiger partial charge in [-0.05, 0) is 67.4 Å². The molecule has 0 aliphatic carbocycles. The zero-order valence-electron chi connectivity index (χ0n) is 49.0. The summed E-state index contributed by atoms with van der Waals surface area (Å²) in [7, 11) is -5.60. The molecule has 34 heteroatoms. The number of aliphatic hydroxyl groups excluding tert-OH is 8. The number of nitrogens with one attached hydrogen (secondary N) is 5. The Balaban J connectivity index is 0.0000129. The van der Waals surface area contributed by atoms with E-state index in [2.05, 4.69) is 32.2 Å². The molecule has 16 N–H and O–H groups in total. The number of carbonyl (C=O) groups is 8. The third-order valence-electron chi connectivity index (χ3n) is 15.2. The van der Waals surface area contributed by atoms with Gasteiger partial charge in [-0.3, -0.25) is 38.4 Å². The van der Waals surface area contributed by atoms with E-state index >= 15 is 0 Å². The molecule has 484 valence electrons. The monoisotopic (exact) mass is 1290 g/mol. The van der Waals surface area contributed by atoms with Crippen molar-refractivity contribution >= 4 is 57.7 Å². The van der Waals surface area contributed by atoms with Crippen molar-refractivity contribution < 1.29 is 140 Å². The molecule has 0 radical (unpaired) electrons. The Bertz CT molecular complexity index is 3340. The molecule has 4 aromatic rings. The molecule has 1 aromatic heterocycles. The molecule has 0 spiro atoms. The number of benzene rings is 3. The van der Waals surface area contributed by atoms with Gasteiger partial charge in [-0.1, -0.05) is 50.0 Å². The molecule has 1 unspecified atom stereocenters. The quantitative estimate of drug-likeness (QED) is 0.0190. The number of rotatable bonds is 18. The molecule has 0 bridgehead atoms. The summed E-state index contributed by atoms with van der Waals surface area (Å²) in [6.45, 7) is 3.72. The first kappa shape index (κ1) is 71.7. The maximum Gasteiger partial charge on any atom is 1.00 e. The van der Waals surface area contributed by atoms with Gasteiger partial charge in [0.05, 0.1) is 37.4 Å². The van der Waals surface area contributed by atoms with Crippen molar-refractivity contribution in [1.82, 2.24) is 41.5 Å². The molecule has 4 heterocycles. The minimum Gasteiger partial charge on any atom is -0.716 e. The van der Waals surface area contributed by atoms with Crippen molar-refractivity contribution in [3.8, 4) is 39.8 Å². The summed E-state index contributed by atoms with van der Waals surface area (Å²) in [6.07, 6.45) is -17.3. The van der Waals surface area contributed by atoms with Gasteiger partial charge in [-0.2, -0.15) is 0 Å². The Morgan fingerprint density at radius 2 is 1.43 bits per heavy atom. The SMILES string of the molecule is CCCCCOc1ccc(-c2cc(-c3ccc(C(=O)N[C@H]4C[C@@H](O)[C@@H](O)NC(=O)[C@@H]5[C@@H](O)[C@@H](C)CN5C(=O)[C@H]([C@H](O)CC(N)=O)NC(=O)[C@H]([C@H](O)[C@@H](O)c5ccc(O)c(OS(=O)(=O)[O-])c5)NC(=O)[C@@H]5C[C@@H](O)CN5C(=O)C([C@@H](C)O)NC4=O)cc3)on2)cc1.[Na+]. The van der Waals surface area contributed by atoms with Gasteiger partial charge in [0, 0.05) is 54.6 Å². The number of hydrogen-bond donors (Lipinski definition) is 15. The third kappa shape index (κ3) is 17.8. The Labute approximate surface area is 536 Å². The number of amides is 8. The van der Waals surface area contributed by atoms with Crippen molar-refractivity contribution in [3.05, 3.63) is 83.9 Å². The second kappa shape index (κ2) is 31.1. The van der Waals surface area contributed by atoms with Crippen molar-refractivity contribution in [2.75, 3.05) is 19.7 Å². The predicted octanol–water partition coefficient (Wildman–Crippen LogP) is -7.24. The van der Waals surface area contributed by atoms with E-state index in [4.69, 9.17) is 15.0 Å². The molecule has 7 rings (SSSR count). The van der Waals surface area contributed by atoms with E-state index in [-0.39, 0.29) is 35.1 Å². The summed E-state index contributed by atoms with van der Waals surface area (Å²) in [4.78, 5) is 115. The number of carbonyl (C=O) groups excluding carboxylic acids is 8. The first-order valence-electron chi connectivity index (χ1n) is 28.1. The molecular formula is C56H70N9NaO23S. The van der Waals surface area contributed by atoms with Crippen LogP contribution in [0.2, 0.25) is 0 Å². The standard InChI is InChI=1S/C56H71N9O23S.Na/c1-4-5-6-17-86-32-14-11-27(12-15-32)33-21-39(87-63-33)28-7-9-29(10-8-28)49(75)58-34-20-38(70)52(78)62-54(80)45-46(72)25(2)23-65(45)56(82)43(37(69)22-41(57)71)60-53(79)44(48(74)47(73)30-13-16-36(68)40(18-30)88-89(83,84)85)61-51(77)35-19-31(67)24-64(35)55(81)42(26(3)66)59-50(34)76;/h7-16,18,21,25-26,31,34-35,37-38,42-48,52,66-70,72-74,78H,4-6,17,19-20,22-24H2,1-3H3,(H2,57,71)(H,58,75)(H,59,76)(H,60,79)(H,61,77)(H,62,80)(H,83,84,85);/q;+1/p-1/t25-,26+,31+,34-,35-,37+,38+,42?,43-,44-,45-,46-,47-,48-,52+;/m0./s1. The maximum atomic E-state index is 14.7. The fourth-order valence-electron chi connectivity index (χ4n) is 10.3. The summed E-state index contributed by atoms with van der Waals surface area (Å²) in [5, 5.41) is 116. The van der Waals surface area contributed by atoms with Gasteiger partial charge in [-0.15, -0.1) is 0 Å². The van der Waals surface area contributed by atoms with Crippen LogP contribution in [0.25, 0.3) is 22.6 Å². The molecule has 8 amide bonds. The number of aliphatic hydroxyl groups is 8. The summed E-state index contributed by atoms with van der Waals surface area (Å²) in [5.74, 6) is -13.2. The average Bonchev–Trinajstić information content (AvgIpc) is 2.24. The number of hydrogen-bond acceptors (Lipinski definition) is 24. The van der Waals surface area contributed by atoms with Crippen LogP contribution in [0.4, 0.5) is 0 Å². The predicted molar refractivity (Wildman–Crippen MR) is 302 cm³/mol. The van der Waals surface area contributed by atoms with Crippen LogP contribution in [0.1, 0.15) is 81.3 Å². The molecule has 0 saturated carbocycles. The van der Waals surface area contributed by atoms with Gasteiger partial charge >= 0.3 is 29.6 Å². The number of primary amides is 1. The van der Waals surface area contributed by atoms with Crippen LogP contribution < -0.4 is 70.8 Å². The van der Waals surface area contributed by atoms with E-state index in [0.29, 0.717) is 56.9 Å². The molecule has 15 atom stereocenters. The van der Waals surface area contributed by atoms with E-state index < -0.39 is 198 Å². The average molecular weight is 1290 g/mol. The minimum atomic E-state index is -5.60. The van der Waals surface area contributed by atoms with Gasteiger partial charge in [0.25, 0.3) is 16.3 Å². The zero-order valence-corrected chi connectivity index (χ0v) is 51.8. The molecule has 32 nitrogen and oxygen atoms in total. The number of nitrogens with zero attached hydrogens (tertiary/aromatic N) is 3. The van der Waals surface area contributed by atoms with Crippen LogP contribution in [0.3, 0.4) is 0 Å². The largest absolute Gasteiger partial charge is 1.00 e. The first-order chi connectivity index (χ1) is 42.0. The van der Waals surface area contributed by atoms with E-state index in [1.165, 1.54) is 31.2 Å². The Morgan fingerprint density at radius 1 is 0.800 bits per heavy atom. The van der Waals surface area contributed by atoms with Crippen molar-refractivity contribution in [2.45, 2.75) is 145 Å². The van der Waals surface area contributed by atoms with Crippen LogP contribution in [0.5, 0.6) is 17.2 Å². The molecule has 3 aliphatic rings. The number of aromatic nitrogens is 1. The molecular weight excluding hydrogens is 1220 g/mol. The zero-order chi connectivity index (χ0) is 65.3. The Hall–Kier alpha value is -7.38. The van der Waals surface area contributed by atoms with E-state index in [1.54, 1.807) is 30.3 Å². The summed E-state index contributed by atoms with van der Waals surface area (Å²) in [5.41, 5.74) is 6.24. The minimum absolute atomic E-state index is 0. The van der Waals surface area contributed by atoms with Gasteiger partial charge < -0.3 is 106 Å². The summed E-state index contributed by atoms with van der Waals surface area (Å²) >= 11 is 0. The van der Waals surface area contributed by atoms with Crippen LogP contribution in [-0.2, 0) is 44.0 Å². The Morgan fingerprint density at radius 3 is 2.07 bits per heavy atom. The van der Waals surface area contributed by atoms with E-state index in [1.807, 2.05) is 10.6 Å². The summed E-state index contributed by atoms with van der Waals surface area (Å²) < 4.78 is 49.9.